The molecule has 0 saturated carbocycles. The highest BCUT2D eigenvalue weighted by molar-refractivity contribution is 6.04. The van der Waals surface area contributed by atoms with Gasteiger partial charge in [-0.25, -0.2) is 4.39 Å². The van der Waals surface area contributed by atoms with E-state index in [4.69, 9.17) is 0 Å². The summed E-state index contributed by atoms with van der Waals surface area (Å²) in [5, 5.41) is 3.16. The normalized spacial score (nSPS) is 14.7. The van der Waals surface area contributed by atoms with Crippen molar-refractivity contribution in [1.82, 2.24) is 20.2 Å². The van der Waals surface area contributed by atoms with Crippen molar-refractivity contribution in [1.29, 1.82) is 0 Å². The number of amides is 1. The Morgan fingerprint density at radius 2 is 1.92 bits per heavy atom. The molecule has 1 saturated heterocycles. The Labute approximate surface area is 159 Å². The molecule has 1 aliphatic rings. The fourth-order valence-electron chi connectivity index (χ4n) is 3.15. The van der Waals surface area contributed by atoms with Crippen LogP contribution in [0.2, 0.25) is 0 Å². The van der Waals surface area contributed by atoms with Crippen LogP contribution < -0.4 is 5.32 Å². The molecule has 0 radical (unpaired) electrons. The van der Waals surface area contributed by atoms with E-state index in [0.29, 0.717) is 35.6 Å². The average molecular weight is 389 g/mol. The smallest absolute Gasteiger partial charge is 0.256 e. The van der Waals surface area contributed by atoms with Gasteiger partial charge in [-0.15, -0.1) is 24.8 Å². The standard InChI is InChI=1S/C17H21FN4O.2ClH/c1-19-5-2-12-3-8-22(9-4-12)17(23)14-10-13(18)11-15-16(14)21-7-6-20-15;;/h6-7,10-12,19H,2-5,8-9H2,1H3;2*1H. The Hall–Kier alpha value is -1.50. The quantitative estimate of drug-likeness (QED) is 0.873. The zero-order valence-corrected chi connectivity index (χ0v) is 15.7. The minimum Gasteiger partial charge on any atom is -0.339 e. The maximum absolute atomic E-state index is 13.8. The highest BCUT2D eigenvalue weighted by atomic mass is 35.5. The third-order valence-electron chi connectivity index (χ3n) is 4.47. The van der Waals surface area contributed by atoms with Crippen LogP contribution in [-0.4, -0.2) is 47.5 Å². The van der Waals surface area contributed by atoms with Crippen LogP contribution in [0.15, 0.2) is 24.5 Å². The Balaban J connectivity index is 0.00000156. The van der Waals surface area contributed by atoms with Crippen LogP contribution in [0.3, 0.4) is 0 Å². The summed E-state index contributed by atoms with van der Waals surface area (Å²) in [4.78, 5) is 22.9. The second-order valence-electron chi connectivity index (χ2n) is 6.01. The second-order valence-corrected chi connectivity index (χ2v) is 6.01. The molecule has 0 spiro atoms. The van der Waals surface area contributed by atoms with Gasteiger partial charge in [0, 0.05) is 31.5 Å². The van der Waals surface area contributed by atoms with Crippen LogP contribution in [0.1, 0.15) is 29.6 Å². The van der Waals surface area contributed by atoms with Crippen molar-refractivity contribution in [2.45, 2.75) is 19.3 Å². The van der Waals surface area contributed by atoms with Gasteiger partial charge in [0.2, 0.25) is 0 Å². The lowest BCUT2D eigenvalue weighted by molar-refractivity contribution is 0.0688. The molecular formula is C17H23Cl2FN4O. The number of likely N-dealkylation sites (tertiary alicyclic amines) is 1. The van der Waals surface area contributed by atoms with Crippen molar-refractivity contribution < 1.29 is 9.18 Å². The molecule has 0 atom stereocenters. The number of hydrogen-bond acceptors (Lipinski definition) is 4. The number of hydrogen-bond donors (Lipinski definition) is 1. The molecule has 1 aliphatic heterocycles. The number of nitrogens with one attached hydrogen (secondary N) is 1. The van der Waals surface area contributed by atoms with Gasteiger partial charge in [-0.3, -0.25) is 14.8 Å². The molecule has 2 heterocycles. The number of piperidine rings is 1. The van der Waals surface area contributed by atoms with E-state index in [0.717, 1.165) is 25.8 Å². The second kappa shape index (κ2) is 9.85. The van der Waals surface area contributed by atoms with Crippen molar-refractivity contribution in [3.05, 3.63) is 35.9 Å². The number of fused-ring (bicyclic) bond motifs is 1. The van der Waals surface area contributed by atoms with Gasteiger partial charge in [0.15, 0.2) is 0 Å². The van der Waals surface area contributed by atoms with Gasteiger partial charge < -0.3 is 10.2 Å². The summed E-state index contributed by atoms with van der Waals surface area (Å²) < 4.78 is 13.8. The van der Waals surface area contributed by atoms with E-state index in [1.54, 1.807) is 4.90 Å². The van der Waals surface area contributed by atoms with E-state index in [9.17, 15) is 9.18 Å². The predicted molar refractivity (Wildman–Crippen MR) is 101 cm³/mol. The summed E-state index contributed by atoms with van der Waals surface area (Å²) in [6, 6.07) is 2.58. The van der Waals surface area contributed by atoms with Crippen LogP contribution in [0, 0.1) is 11.7 Å². The lowest BCUT2D eigenvalue weighted by Crippen LogP contribution is -2.39. The Morgan fingerprint density at radius 1 is 1.24 bits per heavy atom. The fraction of sp³-hybridized carbons (Fsp3) is 0.471. The van der Waals surface area contributed by atoms with E-state index in [-0.39, 0.29) is 30.7 Å². The minimum absolute atomic E-state index is 0. The van der Waals surface area contributed by atoms with Crippen molar-refractivity contribution in [3.63, 3.8) is 0 Å². The molecule has 1 aromatic carbocycles. The molecule has 1 aromatic heterocycles. The van der Waals surface area contributed by atoms with Crippen LogP contribution >= 0.6 is 24.8 Å². The summed E-state index contributed by atoms with van der Waals surface area (Å²) in [6.07, 6.45) is 6.15. The van der Waals surface area contributed by atoms with Crippen LogP contribution in [0.5, 0.6) is 0 Å². The summed E-state index contributed by atoms with van der Waals surface area (Å²) in [5.41, 5.74) is 1.19. The first-order valence-electron chi connectivity index (χ1n) is 8.03. The first-order chi connectivity index (χ1) is 11.2. The maximum atomic E-state index is 13.8. The van der Waals surface area contributed by atoms with Crippen molar-refractivity contribution >= 4 is 41.8 Å². The van der Waals surface area contributed by atoms with Crippen molar-refractivity contribution in [2.24, 2.45) is 5.92 Å². The van der Waals surface area contributed by atoms with E-state index in [1.165, 1.54) is 24.5 Å². The van der Waals surface area contributed by atoms with E-state index in [2.05, 4.69) is 15.3 Å². The zero-order chi connectivity index (χ0) is 16.2. The number of benzene rings is 1. The van der Waals surface area contributed by atoms with Crippen LogP contribution in [0.25, 0.3) is 11.0 Å². The highest BCUT2D eigenvalue weighted by Gasteiger charge is 2.25. The molecule has 0 bridgehead atoms. The molecule has 1 N–H and O–H groups in total. The van der Waals surface area contributed by atoms with Crippen LogP contribution in [0.4, 0.5) is 4.39 Å². The Bertz CT molecular complexity index is 708. The lowest BCUT2D eigenvalue weighted by Gasteiger charge is -2.32. The first-order valence-corrected chi connectivity index (χ1v) is 8.03. The van der Waals surface area contributed by atoms with Gasteiger partial charge in [0.25, 0.3) is 5.91 Å². The van der Waals surface area contributed by atoms with Crippen molar-refractivity contribution in [3.8, 4) is 0 Å². The zero-order valence-electron chi connectivity index (χ0n) is 14.1. The van der Waals surface area contributed by atoms with Crippen molar-refractivity contribution in [2.75, 3.05) is 26.7 Å². The summed E-state index contributed by atoms with van der Waals surface area (Å²) in [7, 11) is 1.95. The molecule has 8 heteroatoms. The monoisotopic (exact) mass is 388 g/mol. The van der Waals surface area contributed by atoms with Gasteiger partial charge >= 0.3 is 0 Å². The third kappa shape index (κ3) is 5.00. The first kappa shape index (κ1) is 21.5. The molecular weight excluding hydrogens is 366 g/mol. The predicted octanol–water partition coefficient (Wildman–Crippen LogP) is 3.07. The molecule has 5 nitrogen and oxygen atoms in total. The fourth-order valence-corrected chi connectivity index (χ4v) is 3.15. The molecule has 2 aromatic rings. The molecule has 0 unspecified atom stereocenters. The average Bonchev–Trinajstić information content (AvgIpc) is 2.59. The molecule has 0 aliphatic carbocycles. The number of carbonyl (C=O) groups is 1. The number of halogens is 3. The largest absolute Gasteiger partial charge is 0.339 e. The Kier molecular flexibility index (Phi) is 8.48. The summed E-state index contributed by atoms with van der Waals surface area (Å²) in [5.74, 6) is 0.0443. The summed E-state index contributed by atoms with van der Waals surface area (Å²) >= 11 is 0. The van der Waals surface area contributed by atoms with Crippen LogP contribution in [-0.2, 0) is 0 Å². The van der Waals surface area contributed by atoms with Gasteiger partial charge in [-0.05, 0) is 44.8 Å². The highest BCUT2D eigenvalue weighted by Crippen LogP contribution is 2.24. The number of carbonyl (C=O) groups excluding carboxylic acids is 1. The molecule has 1 fully saturated rings. The summed E-state index contributed by atoms with van der Waals surface area (Å²) in [6.45, 7) is 2.43. The SMILES string of the molecule is CNCCC1CCN(C(=O)c2cc(F)cc3nccnc23)CC1.Cl.Cl. The molecule has 138 valence electrons. The van der Waals surface area contributed by atoms with Gasteiger partial charge in [0.1, 0.15) is 11.3 Å². The number of aromatic nitrogens is 2. The maximum Gasteiger partial charge on any atom is 0.256 e. The van der Waals surface area contributed by atoms with Gasteiger partial charge in [0.05, 0.1) is 11.1 Å². The van der Waals surface area contributed by atoms with E-state index < -0.39 is 5.82 Å². The van der Waals surface area contributed by atoms with Gasteiger partial charge in [-0.1, -0.05) is 0 Å². The minimum atomic E-state index is -0.453. The molecule has 3 rings (SSSR count). The molecule has 25 heavy (non-hydrogen) atoms. The number of nitrogens with zero attached hydrogens (tertiary/aromatic N) is 3. The topological polar surface area (TPSA) is 58.1 Å². The van der Waals surface area contributed by atoms with E-state index >= 15 is 0 Å². The lowest BCUT2D eigenvalue weighted by atomic mass is 9.93. The Morgan fingerprint density at radius 3 is 2.60 bits per heavy atom. The van der Waals surface area contributed by atoms with E-state index in [1.807, 2.05) is 7.05 Å². The number of rotatable bonds is 4. The van der Waals surface area contributed by atoms with Gasteiger partial charge in [-0.2, -0.15) is 0 Å². The molecule has 1 amide bonds. The third-order valence-corrected chi connectivity index (χ3v) is 4.47.